The van der Waals surface area contributed by atoms with Crippen LogP contribution in [0.4, 0.5) is 0 Å². The molecule has 20 heavy (non-hydrogen) atoms. The van der Waals surface area contributed by atoms with Gasteiger partial charge in [-0.25, -0.2) is 0 Å². The molecule has 0 radical (unpaired) electrons. The third-order valence-electron chi connectivity index (χ3n) is 2.18. The van der Waals surface area contributed by atoms with E-state index >= 15 is 0 Å². The van der Waals surface area contributed by atoms with Crippen molar-refractivity contribution in [1.82, 2.24) is 15.6 Å². The maximum atomic E-state index is 8.61. The minimum absolute atomic E-state index is 0.466. The summed E-state index contributed by atoms with van der Waals surface area (Å²) in [6, 6.07) is 5.89. The summed E-state index contributed by atoms with van der Waals surface area (Å²) in [5.74, 6) is 7.83. The molecule has 104 valence electrons. The minimum Gasteiger partial charge on any atom is -0.345 e. The number of nitriles is 1. The number of nitrogens with zero attached hydrogens (tertiary/aromatic N) is 3. The summed E-state index contributed by atoms with van der Waals surface area (Å²) in [6.07, 6.45) is 3.65. The van der Waals surface area contributed by atoms with Crippen LogP contribution in [-0.2, 0) is 5.75 Å². The number of pyridine rings is 1. The highest BCUT2D eigenvalue weighted by atomic mass is 32.2. The number of guanidine groups is 1. The van der Waals surface area contributed by atoms with E-state index in [2.05, 4.69) is 32.5 Å². The molecule has 1 aromatic heterocycles. The Hall–Kier alpha value is -2.18. The molecular weight excluding hydrogens is 270 g/mol. The lowest BCUT2D eigenvalue weighted by Gasteiger charge is -2.04. The van der Waals surface area contributed by atoms with Gasteiger partial charge in [0.05, 0.1) is 18.8 Å². The van der Waals surface area contributed by atoms with Crippen LogP contribution < -0.4 is 10.6 Å². The Kier molecular flexibility index (Phi) is 8.51. The van der Waals surface area contributed by atoms with Crippen molar-refractivity contribution in [3.63, 3.8) is 0 Å². The lowest BCUT2D eigenvalue weighted by molar-refractivity contribution is 0.966. The van der Waals surface area contributed by atoms with Crippen LogP contribution in [0.2, 0.25) is 0 Å². The maximum Gasteiger partial charge on any atom is 0.205 e. The molecule has 5 nitrogen and oxygen atoms in total. The summed E-state index contributed by atoms with van der Waals surface area (Å²) in [4.78, 5) is 8.53. The molecule has 0 atom stereocenters. The van der Waals surface area contributed by atoms with Gasteiger partial charge in [-0.1, -0.05) is 12.0 Å². The zero-order valence-electron chi connectivity index (χ0n) is 11.4. The Balaban J connectivity index is 2.25. The lowest BCUT2D eigenvalue weighted by Crippen LogP contribution is -2.35. The molecule has 0 aliphatic carbocycles. The van der Waals surface area contributed by atoms with Crippen molar-refractivity contribution in [2.24, 2.45) is 4.99 Å². The van der Waals surface area contributed by atoms with E-state index in [0.29, 0.717) is 19.0 Å². The molecule has 0 saturated heterocycles. The smallest absolute Gasteiger partial charge is 0.205 e. The highest BCUT2D eigenvalue weighted by Crippen LogP contribution is 2.08. The predicted octanol–water partition coefficient (Wildman–Crippen LogP) is 1.35. The third-order valence-corrected chi connectivity index (χ3v) is 3.15. The van der Waals surface area contributed by atoms with E-state index in [1.165, 1.54) is 0 Å². The Bertz CT molecular complexity index is 510. The Morgan fingerprint density at radius 2 is 2.40 bits per heavy atom. The summed E-state index contributed by atoms with van der Waals surface area (Å²) in [7, 11) is 0. The van der Waals surface area contributed by atoms with Gasteiger partial charge in [-0.05, 0) is 19.1 Å². The highest BCUT2D eigenvalue weighted by Gasteiger charge is 1.96. The maximum absolute atomic E-state index is 8.61. The fourth-order valence-corrected chi connectivity index (χ4v) is 2.04. The molecule has 0 fully saturated rings. The van der Waals surface area contributed by atoms with E-state index in [1.54, 1.807) is 24.9 Å². The first-order valence-electron chi connectivity index (χ1n) is 6.17. The Morgan fingerprint density at radius 3 is 3.10 bits per heavy atom. The summed E-state index contributed by atoms with van der Waals surface area (Å²) in [5.41, 5.74) is 1.06. The van der Waals surface area contributed by atoms with Gasteiger partial charge in [0.25, 0.3) is 0 Å². The zero-order chi connectivity index (χ0) is 14.5. The zero-order valence-corrected chi connectivity index (χ0v) is 12.2. The van der Waals surface area contributed by atoms with Crippen molar-refractivity contribution in [1.29, 1.82) is 5.26 Å². The molecule has 0 saturated carbocycles. The quantitative estimate of drug-likeness (QED) is 0.206. The second-order valence-corrected chi connectivity index (χ2v) is 4.73. The summed E-state index contributed by atoms with van der Waals surface area (Å²) >= 11 is 1.76. The molecule has 0 amide bonds. The molecule has 1 heterocycles. The first kappa shape index (κ1) is 15.9. The van der Waals surface area contributed by atoms with E-state index < -0.39 is 0 Å². The molecule has 1 aromatic rings. The topological polar surface area (TPSA) is 73.1 Å². The summed E-state index contributed by atoms with van der Waals surface area (Å²) in [5, 5.41) is 14.1. The van der Waals surface area contributed by atoms with Crippen LogP contribution in [0, 0.1) is 23.3 Å². The Labute approximate surface area is 123 Å². The van der Waals surface area contributed by atoms with Crippen LogP contribution in [-0.4, -0.2) is 29.8 Å². The highest BCUT2D eigenvalue weighted by molar-refractivity contribution is 7.98. The second-order valence-electron chi connectivity index (χ2n) is 3.62. The predicted molar refractivity (Wildman–Crippen MR) is 82.9 cm³/mol. The van der Waals surface area contributed by atoms with Crippen LogP contribution in [0.1, 0.15) is 12.6 Å². The average molecular weight is 287 g/mol. The molecule has 0 aliphatic rings. The van der Waals surface area contributed by atoms with Crippen molar-refractivity contribution in [2.45, 2.75) is 12.7 Å². The molecule has 0 aromatic carbocycles. The summed E-state index contributed by atoms with van der Waals surface area (Å²) in [6.45, 7) is 2.88. The van der Waals surface area contributed by atoms with Gasteiger partial charge in [-0.3, -0.25) is 15.3 Å². The van der Waals surface area contributed by atoms with Gasteiger partial charge < -0.3 is 5.32 Å². The largest absolute Gasteiger partial charge is 0.345 e. The molecule has 0 unspecified atom stereocenters. The molecule has 0 aliphatic heterocycles. The first-order valence-corrected chi connectivity index (χ1v) is 7.33. The van der Waals surface area contributed by atoms with E-state index in [4.69, 9.17) is 5.26 Å². The van der Waals surface area contributed by atoms with Crippen LogP contribution in [0.5, 0.6) is 0 Å². The number of hydrogen-bond acceptors (Lipinski definition) is 4. The fraction of sp³-hybridized carbons (Fsp3) is 0.357. The average Bonchev–Trinajstić information content (AvgIpc) is 2.48. The molecule has 1 rings (SSSR count). The van der Waals surface area contributed by atoms with Crippen LogP contribution in [0.15, 0.2) is 29.4 Å². The standard InChI is InChI=1S/C14H17N5S/c1-2-3-7-17-14(19-12-15)18-9-10-20-11-13-6-4-5-8-16-13/h4-6,8H,7,9-11H2,1H3,(H2,17,18,19). The monoisotopic (exact) mass is 287 g/mol. The first-order chi connectivity index (χ1) is 9.86. The number of aromatic nitrogens is 1. The Morgan fingerprint density at radius 1 is 1.50 bits per heavy atom. The number of rotatable bonds is 6. The van der Waals surface area contributed by atoms with Crippen molar-refractivity contribution in [3.8, 4) is 18.0 Å². The van der Waals surface area contributed by atoms with Gasteiger partial charge in [0.1, 0.15) is 0 Å². The third kappa shape index (κ3) is 7.30. The molecule has 2 N–H and O–H groups in total. The van der Waals surface area contributed by atoms with Crippen LogP contribution in [0.25, 0.3) is 0 Å². The normalized spacial score (nSPS) is 10.1. The van der Waals surface area contributed by atoms with Gasteiger partial charge in [0, 0.05) is 17.7 Å². The number of hydrogen-bond donors (Lipinski definition) is 2. The summed E-state index contributed by atoms with van der Waals surface area (Å²) < 4.78 is 0. The van der Waals surface area contributed by atoms with Gasteiger partial charge >= 0.3 is 0 Å². The molecule has 6 heteroatoms. The number of thioether (sulfide) groups is 1. The van der Waals surface area contributed by atoms with Gasteiger partial charge in [0.15, 0.2) is 6.19 Å². The molecule has 0 spiro atoms. The van der Waals surface area contributed by atoms with Crippen LogP contribution >= 0.6 is 11.8 Å². The van der Waals surface area contributed by atoms with Gasteiger partial charge in [0.2, 0.25) is 5.96 Å². The van der Waals surface area contributed by atoms with Crippen molar-refractivity contribution < 1.29 is 0 Å². The molecular formula is C14H17N5S. The lowest BCUT2D eigenvalue weighted by atomic mass is 10.4. The van der Waals surface area contributed by atoms with E-state index in [-0.39, 0.29) is 0 Å². The van der Waals surface area contributed by atoms with E-state index in [1.807, 2.05) is 24.4 Å². The van der Waals surface area contributed by atoms with E-state index in [0.717, 1.165) is 17.2 Å². The van der Waals surface area contributed by atoms with Gasteiger partial charge in [-0.15, -0.1) is 5.92 Å². The number of nitrogens with one attached hydrogen (secondary N) is 2. The van der Waals surface area contributed by atoms with Gasteiger partial charge in [-0.2, -0.15) is 17.0 Å². The molecule has 0 bridgehead atoms. The van der Waals surface area contributed by atoms with Crippen molar-refractivity contribution >= 4 is 17.7 Å². The second kappa shape index (κ2) is 10.7. The van der Waals surface area contributed by atoms with Crippen molar-refractivity contribution in [3.05, 3.63) is 30.1 Å². The minimum atomic E-state index is 0.466. The van der Waals surface area contributed by atoms with Crippen molar-refractivity contribution in [2.75, 3.05) is 18.8 Å². The van der Waals surface area contributed by atoms with E-state index in [9.17, 15) is 0 Å². The van der Waals surface area contributed by atoms with Crippen LogP contribution in [0.3, 0.4) is 0 Å². The number of aliphatic imine (C=N–C) groups is 1. The fourth-order valence-electron chi connectivity index (χ4n) is 1.29. The SMILES string of the molecule is CC#CCNC(=NCCSCc1ccccn1)NC#N.